The molecule has 0 unspecified atom stereocenters. The van der Waals surface area contributed by atoms with E-state index in [0.717, 1.165) is 105 Å². The minimum Gasteiger partial charge on any atom is -0.456 e. The van der Waals surface area contributed by atoms with E-state index >= 15 is 0 Å². The molecule has 22 rings (SSSR count). The fourth-order valence-electron chi connectivity index (χ4n) is 16.3. The highest BCUT2D eigenvalue weighted by Gasteiger charge is 2.22. The highest BCUT2D eigenvalue weighted by atomic mass is 32.1. The number of nitrogens with zero attached hydrogens (tertiary/aromatic N) is 5. The van der Waals surface area contributed by atoms with Crippen LogP contribution >= 0.6 is 11.3 Å². The van der Waals surface area contributed by atoms with Gasteiger partial charge in [-0.25, -0.2) is 9.69 Å². The molecule has 0 N–H and O–H groups in total. The molecule has 0 amide bonds. The van der Waals surface area contributed by atoms with Crippen LogP contribution in [0.2, 0.25) is 0 Å². The van der Waals surface area contributed by atoms with E-state index in [4.69, 9.17) is 22.0 Å². The highest BCUT2D eigenvalue weighted by Crippen LogP contribution is 2.45. The first-order chi connectivity index (χ1) is 53.2. The molecule has 0 atom stereocenters. The average Bonchev–Trinajstić information content (AvgIpc) is 1.58. The van der Waals surface area contributed by atoms with Crippen molar-refractivity contribution in [2.45, 2.75) is 13.8 Å². The SMILES string of the molecule is Cc1ccc2c(c1)c1cc(-c3ccccc3)ccc1n2-c1ccc2oc3ccccc3c2c1.[C-]#[N+]c1ccc2c(c1)c1cc(-c3cccc(-c4ccccc4)c3)ccc1n2-c1ccc2c(c1)oc1ccccc12.[C-]#[N+]c1ccc2c(c1)c1cc(-c3ccccc3C)ccc1n2-c1cccc2c1sc1ccccc12. The molecule has 0 fully saturated rings. The van der Waals surface area contributed by atoms with Crippen molar-refractivity contribution < 1.29 is 8.83 Å². The Morgan fingerprint density at radius 1 is 0.269 bits per heavy atom. The summed E-state index contributed by atoms with van der Waals surface area (Å²) < 4.78 is 21.9. The predicted octanol–water partition coefficient (Wildman–Crippen LogP) is 28.9. The predicted molar refractivity (Wildman–Crippen MR) is 454 cm³/mol. The Kier molecular flexibility index (Phi) is 15.2. The largest absolute Gasteiger partial charge is 0.456 e. The summed E-state index contributed by atoms with van der Waals surface area (Å²) >= 11 is 1.84. The summed E-state index contributed by atoms with van der Waals surface area (Å²) in [6.07, 6.45) is 0. The molecule has 0 saturated heterocycles. The van der Waals surface area contributed by atoms with E-state index < -0.39 is 0 Å². The summed E-state index contributed by atoms with van der Waals surface area (Å²) in [5, 5.41) is 14.1. The van der Waals surface area contributed by atoms with E-state index in [2.05, 4.69) is 322 Å². The molecule has 8 heteroatoms. The van der Waals surface area contributed by atoms with Crippen LogP contribution in [-0.2, 0) is 0 Å². The lowest BCUT2D eigenvalue weighted by atomic mass is 9.98. The number of benzene rings is 16. The third kappa shape index (κ3) is 10.7. The maximum atomic E-state index is 7.63. The van der Waals surface area contributed by atoms with Crippen LogP contribution in [0.3, 0.4) is 0 Å². The van der Waals surface area contributed by atoms with Crippen LogP contribution in [0.4, 0.5) is 11.4 Å². The molecule has 0 radical (unpaired) electrons. The van der Waals surface area contributed by atoms with Crippen molar-refractivity contribution in [2.24, 2.45) is 0 Å². The first-order valence-electron chi connectivity index (χ1n) is 36.2. The van der Waals surface area contributed by atoms with Crippen molar-refractivity contribution in [1.82, 2.24) is 13.7 Å². The second-order valence-electron chi connectivity index (χ2n) is 27.8. The van der Waals surface area contributed by atoms with Gasteiger partial charge in [0.2, 0.25) is 0 Å². The van der Waals surface area contributed by atoms with Crippen LogP contribution in [0.1, 0.15) is 11.1 Å². The Balaban J connectivity index is 0.000000107. The summed E-state index contributed by atoms with van der Waals surface area (Å²) in [4.78, 5) is 7.45. The van der Waals surface area contributed by atoms with Gasteiger partial charge in [0.25, 0.3) is 0 Å². The fourth-order valence-corrected chi connectivity index (χ4v) is 17.5. The molecule has 0 aliphatic carbocycles. The van der Waals surface area contributed by atoms with Gasteiger partial charge >= 0.3 is 0 Å². The van der Waals surface area contributed by atoms with E-state index in [9.17, 15) is 0 Å². The topological polar surface area (TPSA) is 49.8 Å². The molecule has 0 spiro atoms. The van der Waals surface area contributed by atoms with Crippen LogP contribution in [0.15, 0.2) is 355 Å². The maximum absolute atomic E-state index is 7.63. The Morgan fingerprint density at radius 2 is 0.704 bits per heavy atom. The third-order valence-corrected chi connectivity index (χ3v) is 22.6. The molecule has 0 saturated carbocycles. The number of aromatic nitrogens is 3. The van der Waals surface area contributed by atoms with Gasteiger partial charge in [0, 0.05) is 76.0 Å². The molecule has 6 heterocycles. The fraction of sp³-hybridized carbons (Fsp3) is 0.0200. The number of fused-ring (bicyclic) bond motifs is 18. The lowest BCUT2D eigenvalue weighted by Crippen LogP contribution is -1.94. The molecular formula is C100H63N5O2S. The molecule has 16 aromatic carbocycles. The van der Waals surface area contributed by atoms with E-state index in [1.54, 1.807) is 0 Å². The Morgan fingerprint density at radius 3 is 1.35 bits per heavy atom. The molecule has 0 aliphatic heterocycles. The summed E-state index contributed by atoms with van der Waals surface area (Å²) in [6, 6.07) is 122. The number of aryl methyl sites for hydroxylation is 2. The van der Waals surface area contributed by atoms with Crippen molar-refractivity contribution in [3.63, 3.8) is 0 Å². The first-order valence-corrected chi connectivity index (χ1v) is 37.0. The second-order valence-corrected chi connectivity index (χ2v) is 28.8. The Hall–Kier alpha value is -14.3. The second kappa shape index (κ2) is 25.8. The zero-order chi connectivity index (χ0) is 72.1. The van der Waals surface area contributed by atoms with Gasteiger partial charge in [-0.2, -0.15) is 0 Å². The lowest BCUT2D eigenvalue weighted by Gasteiger charge is -2.10. The van der Waals surface area contributed by atoms with E-state index in [0.29, 0.717) is 11.4 Å². The zero-order valence-electron chi connectivity index (χ0n) is 58.9. The molecule has 6 aromatic heterocycles. The van der Waals surface area contributed by atoms with E-state index in [1.165, 1.54) is 97.6 Å². The molecule has 506 valence electrons. The Labute approximate surface area is 625 Å². The van der Waals surface area contributed by atoms with Crippen LogP contribution in [0.25, 0.3) is 201 Å². The summed E-state index contributed by atoms with van der Waals surface area (Å²) in [7, 11) is 0. The molecule has 7 nitrogen and oxygen atoms in total. The van der Waals surface area contributed by atoms with Crippen molar-refractivity contribution in [3.05, 3.63) is 380 Å². The van der Waals surface area contributed by atoms with Gasteiger partial charge in [-0.3, -0.25) is 0 Å². The molecule has 108 heavy (non-hydrogen) atoms. The molecule has 0 aliphatic rings. The molecule has 0 bridgehead atoms. The maximum Gasteiger partial charge on any atom is 0.188 e. The van der Waals surface area contributed by atoms with Crippen molar-refractivity contribution in [3.8, 4) is 61.6 Å². The van der Waals surface area contributed by atoms with Crippen molar-refractivity contribution in [1.29, 1.82) is 0 Å². The monoisotopic (exact) mass is 1400 g/mol. The highest BCUT2D eigenvalue weighted by molar-refractivity contribution is 7.26. The van der Waals surface area contributed by atoms with Crippen molar-refractivity contribution in [2.75, 3.05) is 0 Å². The zero-order valence-corrected chi connectivity index (χ0v) is 59.7. The van der Waals surface area contributed by atoms with Crippen LogP contribution < -0.4 is 0 Å². The van der Waals surface area contributed by atoms with Gasteiger partial charge in [-0.1, -0.05) is 212 Å². The average molecular weight is 1400 g/mol. The van der Waals surface area contributed by atoms with Crippen LogP contribution in [-0.4, -0.2) is 13.7 Å². The lowest BCUT2D eigenvalue weighted by molar-refractivity contribution is 0.668. The first kappa shape index (κ1) is 63.4. The summed E-state index contributed by atoms with van der Waals surface area (Å²) in [5.74, 6) is 0. The number of hydrogen-bond acceptors (Lipinski definition) is 3. The number of hydrogen-bond donors (Lipinski definition) is 0. The van der Waals surface area contributed by atoms with E-state index in [-0.39, 0.29) is 0 Å². The number of rotatable bonds is 7. The van der Waals surface area contributed by atoms with Gasteiger partial charge in [-0.05, 0) is 208 Å². The minimum atomic E-state index is 0.635. The normalized spacial score (nSPS) is 11.6. The summed E-state index contributed by atoms with van der Waals surface area (Å²) in [6.45, 7) is 19.5. The van der Waals surface area contributed by atoms with Gasteiger partial charge in [0.15, 0.2) is 11.4 Å². The third-order valence-electron chi connectivity index (χ3n) is 21.4. The number of thiophene rings is 1. The van der Waals surface area contributed by atoms with Gasteiger partial charge < -0.3 is 22.5 Å². The van der Waals surface area contributed by atoms with Gasteiger partial charge in [-0.15, -0.1) is 11.3 Å². The Bertz CT molecular complexity index is 7490. The van der Waals surface area contributed by atoms with Gasteiger partial charge in [0.1, 0.15) is 22.3 Å². The quantitative estimate of drug-likeness (QED) is 0.149. The minimum absolute atomic E-state index is 0.635. The molecular weight excluding hydrogens is 1340 g/mol. The van der Waals surface area contributed by atoms with Crippen LogP contribution in [0, 0.1) is 27.0 Å². The number of furan rings is 2. The standard InChI is InChI=1S/C37H22N2O.C32H20N2S.C31H21NO/c1-38-28-15-19-35-33(22-28)32-21-27(26-11-7-10-25(20-26)24-8-3-2-4-9-24)14-18-34(32)39(35)29-16-17-31-30-12-5-6-13-36(30)40-37(31)23-29;1-20-8-3-4-9-23(20)21-14-16-28-26(18-21)27-19-22(33-2)15-17-29(27)34(28)30-12-7-11-25-24-10-5-6-13-31(24)35-32(25)30;1-20-11-14-28-25(17-20)26-18-22(21-7-3-2-4-8-21)12-15-29(26)32(28)23-13-16-31-27(19-23)24-9-5-6-10-30(24)33-31/h2-23H;3-19H,1H3;2-19H,1H3. The smallest absolute Gasteiger partial charge is 0.188 e. The van der Waals surface area contributed by atoms with Crippen LogP contribution in [0.5, 0.6) is 0 Å². The molecule has 22 aromatic rings. The summed E-state index contributed by atoms with van der Waals surface area (Å²) in [5.41, 5.74) is 27.2. The van der Waals surface area contributed by atoms with E-state index in [1.807, 2.05) is 72.0 Å². The van der Waals surface area contributed by atoms with Gasteiger partial charge in [0.05, 0.1) is 56.6 Å². The number of para-hydroxylation sites is 2. The van der Waals surface area contributed by atoms with Crippen molar-refractivity contribution >= 4 is 152 Å².